The van der Waals surface area contributed by atoms with Crippen molar-refractivity contribution in [2.45, 2.75) is 18.1 Å². The van der Waals surface area contributed by atoms with Crippen LogP contribution in [0, 0.1) is 0 Å². The molecule has 1 atom stereocenters. The van der Waals surface area contributed by atoms with Crippen molar-refractivity contribution in [3.8, 4) is 0 Å². The van der Waals surface area contributed by atoms with E-state index in [0.29, 0.717) is 4.90 Å². The van der Waals surface area contributed by atoms with Crippen molar-refractivity contribution in [2.75, 3.05) is 6.54 Å². The summed E-state index contributed by atoms with van der Waals surface area (Å²) in [4.78, 5) is 35.1. The number of rotatable bonds is 4. The van der Waals surface area contributed by atoms with Crippen molar-refractivity contribution >= 4 is 17.8 Å². The Morgan fingerprint density at radius 2 is 1.82 bits per heavy atom. The van der Waals surface area contributed by atoms with E-state index in [1.54, 1.807) is 5.32 Å². The highest BCUT2D eigenvalue weighted by Crippen LogP contribution is 2.43. The molecule has 0 saturated carbocycles. The molecule has 1 aliphatic heterocycles. The predicted molar refractivity (Wildman–Crippen MR) is 68.2 cm³/mol. The molecule has 9 heteroatoms. The molecular weight excluding hydrogens is 303 g/mol. The lowest BCUT2D eigenvalue weighted by atomic mass is 9.89. The number of nitrogens with one attached hydrogen (secondary N) is 1. The van der Waals surface area contributed by atoms with Crippen LogP contribution in [0.1, 0.15) is 12.0 Å². The lowest BCUT2D eigenvalue weighted by Crippen LogP contribution is -2.55. The lowest BCUT2D eigenvalue weighted by Gasteiger charge is -2.29. The Morgan fingerprint density at radius 3 is 2.32 bits per heavy atom. The van der Waals surface area contributed by atoms with Gasteiger partial charge in [0.25, 0.3) is 5.91 Å². The smallest absolute Gasteiger partial charge is 0.370 e. The molecule has 1 aromatic carbocycles. The molecule has 22 heavy (non-hydrogen) atoms. The fraction of sp³-hybridized carbons (Fsp3) is 0.308. The number of primary amides is 1. The molecule has 1 saturated heterocycles. The Morgan fingerprint density at radius 1 is 1.23 bits per heavy atom. The Bertz CT molecular complexity index is 618. The maximum absolute atomic E-state index is 13.5. The van der Waals surface area contributed by atoms with Gasteiger partial charge in [-0.15, -0.1) is 0 Å². The molecule has 1 fully saturated rings. The minimum atomic E-state index is -5.04. The highest BCUT2D eigenvalue weighted by molar-refractivity contribution is 6.08. The van der Waals surface area contributed by atoms with E-state index < -0.39 is 48.1 Å². The fourth-order valence-corrected chi connectivity index (χ4v) is 2.24. The highest BCUT2D eigenvalue weighted by atomic mass is 19.4. The van der Waals surface area contributed by atoms with Crippen molar-refractivity contribution in [2.24, 2.45) is 5.73 Å². The van der Waals surface area contributed by atoms with E-state index in [9.17, 15) is 27.6 Å². The molecular formula is C13H12F3N3O3. The second-order valence-corrected chi connectivity index (χ2v) is 4.72. The molecule has 0 aliphatic carbocycles. The van der Waals surface area contributed by atoms with Gasteiger partial charge < -0.3 is 11.1 Å². The number of halogens is 3. The summed E-state index contributed by atoms with van der Waals surface area (Å²) in [6.45, 7) is -0.509. The van der Waals surface area contributed by atoms with Crippen LogP contribution < -0.4 is 11.1 Å². The molecule has 1 aliphatic rings. The quantitative estimate of drug-likeness (QED) is 0.808. The van der Waals surface area contributed by atoms with Gasteiger partial charge in [-0.25, -0.2) is 4.79 Å². The van der Waals surface area contributed by atoms with Crippen LogP contribution in [0.15, 0.2) is 30.3 Å². The summed E-state index contributed by atoms with van der Waals surface area (Å²) < 4.78 is 40.6. The van der Waals surface area contributed by atoms with Crippen molar-refractivity contribution < 1.29 is 27.6 Å². The summed E-state index contributed by atoms with van der Waals surface area (Å²) in [7, 11) is 0. The fourth-order valence-electron chi connectivity index (χ4n) is 2.24. The standard InChI is InChI=1S/C13H12F3N3O3/c14-13(15,16)12(8-4-2-1-3-5-8)10(21)19(11(22)18-12)7-6-9(17)20/h1-5H,6-7H2,(H2,17,20)(H,18,22)/t12-/m1/s1. The van der Waals surface area contributed by atoms with Crippen molar-refractivity contribution in [3.05, 3.63) is 35.9 Å². The molecule has 6 nitrogen and oxygen atoms in total. The Labute approximate surface area is 123 Å². The zero-order chi connectivity index (χ0) is 16.5. The van der Waals surface area contributed by atoms with Crippen molar-refractivity contribution in [3.63, 3.8) is 0 Å². The van der Waals surface area contributed by atoms with Crippen LogP contribution in [-0.2, 0) is 15.1 Å². The van der Waals surface area contributed by atoms with Gasteiger partial charge in [0.1, 0.15) is 0 Å². The van der Waals surface area contributed by atoms with Gasteiger partial charge in [0, 0.05) is 13.0 Å². The molecule has 1 heterocycles. The Kier molecular flexibility index (Phi) is 3.82. The molecule has 2 rings (SSSR count). The minimum absolute atomic E-state index is 0.352. The van der Waals surface area contributed by atoms with Crippen LogP contribution in [0.3, 0.4) is 0 Å². The first-order valence-electron chi connectivity index (χ1n) is 6.25. The topological polar surface area (TPSA) is 92.5 Å². The third-order valence-corrected chi connectivity index (χ3v) is 3.32. The van der Waals surface area contributed by atoms with Crippen LogP contribution in [0.25, 0.3) is 0 Å². The van der Waals surface area contributed by atoms with E-state index >= 15 is 0 Å². The number of benzene rings is 1. The number of alkyl halides is 3. The number of amides is 4. The number of nitrogens with two attached hydrogens (primary N) is 1. The minimum Gasteiger partial charge on any atom is -0.370 e. The number of imide groups is 1. The number of carbonyl (C=O) groups excluding carboxylic acids is 3. The summed E-state index contributed by atoms with van der Waals surface area (Å²) >= 11 is 0. The van der Waals surface area contributed by atoms with E-state index in [2.05, 4.69) is 0 Å². The SMILES string of the molecule is NC(=O)CCN1C(=O)N[C@@](c2ccccc2)(C(F)(F)F)C1=O. The van der Waals surface area contributed by atoms with E-state index in [4.69, 9.17) is 5.73 Å². The first-order valence-corrected chi connectivity index (χ1v) is 6.25. The molecule has 118 valence electrons. The summed E-state index contributed by atoms with van der Waals surface area (Å²) in [6.07, 6.45) is -5.45. The second-order valence-electron chi connectivity index (χ2n) is 4.72. The predicted octanol–water partition coefficient (Wildman–Crippen LogP) is 0.871. The average molecular weight is 315 g/mol. The zero-order valence-corrected chi connectivity index (χ0v) is 11.2. The largest absolute Gasteiger partial charge is 0.425 e. The van der Waals surface area contributed by atoms with Crippen molar-refractivity contribution in [1.82, 2.24) is 10.2 Å². The number of nitrogens with zero attached hydrogens (tertiary/aromatic N) is 1. The van der Waals surface area contributed by atoms with E-state index in [1.165, 1.54) is 18.2 Å². The molecule has 0 bridgehead atoms. The molecule has 0 spiro atoms. The maximum atomic E-state index is 13.5. The first-order chi connectivity index (χ1) is 10.2. The number of hydrogen-bond acceptors (Lipinski definition) is 3. The van der Waals surface area contributed by atoms with Gasteiger partial charge in [-0.1, -0.05) is 30.3 Å². The molecule has 3 N–H and O–H groups in total. The highest BCUT2D eigenvalue weighted by Gasteiger charge is 2.68. The average Bonchev–Trinajstić information content (AvgIpc) is 2.69. The molecule has 0 radical (unpaired) electrons. The van der Waals surface area contributed by atoms with Crippen LogP contribution in [0.2, 0.25) is 0 Å². The third kappa shape index (κ3) is 2.38. The summed E-state index contributed by atoms with van der Waals surface area (Å²) in [5, 5.41) is 1.71. The number of carbonyl (C=O) groups is 3. The first kappa shape index (κ1) is 15.8. The van der Waals surface area contributed by atoms with Gasteiger partial charge in [0.05, 0.1) is 0 Å². The lowest BCUT2D eigenvalue weighted by molar-refractivity contribution is -0.198. The zero-order valence-electron chi connectivity index (χ0n) is 11.2. The van der Waals surface area contributed by atoms with Crippen LogP contribution in [-0.4, -0.2) is 35.5 Å². The third-order valence-electron chi connectivity index (χ3n) is 3.32. The van der Waals surface area contributed by atoms with Gasteiger partial charge in [0.15, 0.2) is 0 Å². The maximum Gasteiger partial charge on any atom is 0.425 e. The second kappa shape index (κ2) is 5.32. The van der Waals surface area contributed by atoms with Gasteiger partial charge in [-0.05, 0) is 5.56 Å². The number of hydrogen-bond donors (Lipinski definition) is 2. The van der Waals surface area contributed by atoms with Crippen LogP contribution in [0.5, 0.6) is 0 Å². The number of urea groups is 1. The van der Waals surface area contributed by atoms with E-state index in [0.717, 1.165) is 12.1 Å². The molecule has 0 unspecified atom stereocenters. The van der Waals surface area contributed by atoms with Gasteiger partial charge in [-0.3, -0.25) is 14.5 Å². The van der Waals surface area contributed by atoms with Gasteiger partial charge in [-0.2, -0.15) is 13.2 Å². The summed E-state index contributed by atoms with van der Waals surface area (Å²) in [6, 6.07) is 5.13. The molecule has 0 aromatic heterocycles. The molecule has 1 aromatic rings. The Hall–Kier alpha value is -2.58. The Balaban J connectivity index is 2.47. The van der Waals surface area contributed by atoms with Gasteiger partial charge in [0.2, 0.25) is 11.4 Å². The summed E-state index contributed by atoms with van der Waals surface area (Å²) in [5.74, 6) is -2.30. The van der Waals surface area contributed by atoms with E-state index in [-0.39, 0.29) is 0 Å². The van der Waals surface area contributed by atoms with Crippen LogP contribution in [0.4, 0.5) is 18.0 Å². The van der Waals surface area contributed by atoms with E-state index in [1.807, 2.05) is 0 Å². The summed E-state index contributed by atoms with van der Waals surface area (Å²) in [5.41, 5.74) is 1.34. The normalized spacial score (nSPS) is 21.9. The molecule has 4 amide bonds. The van der Waals surface area contributed by atoms with Crippen molar-refractivity contribution in [1.29, 1.82) is 0 Å². The monoisotopic (exact) mass is 315 g/mol. The van der Waals surface area contributed by atoms with Gasteiger partial charge >= 0.3 is 12.2 Å². The van der Waals surface area contributed by atoms with Crippen LogP contribution >= 0.6 is 0 Å².